The zero-order valence-corrected chi connectivity index (χ0v) is 12.5. The molecule has 1 amide bonds. The standard InChI is InChI=1S/C14H18BrNO3/c1-10(17)12-8-11(15)4-5-13(12)19-9-14(18)16-6-2-3-7-16/h4-5,8,10,17H,2-3,6-7,9H2,1H3/t10-/m0/s1. The van der Waals surface area contributed by atoms with Gasteiger partial charge in [0.05, 0.1) is 6.10 Å². The van der Waals surface area contributed by atoms with Gasteiger partial charge in [-0.2, -0.15) is 0 Å². The Hall–Kier alpha value is -1.07. The number of hydrogen-bond donors (Lipinski definition) is 1. The third-order valence-corrected chi connectivity index (χ3v) is 3.73. The number of likely N-dealkylation sites (tertiary alicyclic amines) is 1. The largest absolute Gasteiger partial charge is 0.483 e. The number of amides is 1. The molecule has 1 aliphatic rings. The summed E-state index contributed by atoms with van der Waals surface area (Å²) in [6.07, 6.45) is 1.51. The number of benzene rings is 1. The lowest BCUT2D eigenvalue weighted by atomic mass is 10.1. The van der Waals surface area contributed by atoms with Crippen LogP contribution in [0.25, 0.3) is 0 Å². The molecule has 0 radical (unpaired) electrons. The Morgan fingerprint density at radius 2 is 2.16 bits per heavy atom. The first-order valence-corrected chi connectivity index (χ1v) is 7.25. The maximum Gasteiger partial charge on any atom is 0.260 e. The van der Waals surface area contributed by atoms with Crippen molar-refractivity contribution in [2.45, 2.75) is 25.9 Å². The van der Waals surface area contributed by atoms with E-state index in [2.05, 4.69) is 15.9 Å². The van der Waals surface area contributed by atoms with Gasteiger partial charge in [0.25, 0.3) is 5.91 Å². The van der Waals surface area contributed by atoms with Crippen molar-refractivity contribution in [2.24, 2.45) is 0 Å². The molecule has 104 valence electrons. The monoisotopic (exact) mass is 327 g/mol. The van der Waals surface area contributed by atoms with E-state index in [9.17, 15) is 9.90 Å². The quantitative estimate of drug-likeness (QED) is 0.924. The predicted molar refractivity (Wildman–Crippen MR) is 76.1 cm³/mol. The Labute approximate surface area is 121 Å². The fourth-order valence-electron chi connectivity index (χ4n) is 2.17. The lowest BCUT2D eigenvalue weighted by Crippen LogP contribution is -2.32. The maximum atomic E-state index is 11.9. The van der Waals surface area contributed by atoms with Crippen LogP contribution >= 0.6 is 15.9 Å². The molecule has 1 aromatic carbocycles. The molecule has 1 fully saturated rings. The summed E-state index contributed by atoms with van der Waals surface area (Å²) in [5.41, 5.74) is 0.684. The van der Waals surface area contributed by atoms with Crippen LogP contribution in [0.5, 0.6) is 5.75 Å². The Morgan fingerprint density at radius 1 is 1.47 bits per heavy atom. The van der Waals surface area contributed by atoms with Gasteiger partial charge in [0, 0.05) is 23.1 Å². The SMILES string of the molecule is C[C@H](O)c1cc(Br)ccc1OCC(=O)N1CCCC1. The minimum atomic E-state index is -0.630. The van der Waals surface area contributed by atoms with E-state index in [0.717, 1.165) is 30.4 Å². The molecule has 1 atom stereocenters. The number of nitrogens with zero attached hydrogens (tertiary/aromatic N) is 1. The molecule has 0 unspecified atom stereocenters. The van der Waals surface area contributed by atoms with Crippen LogP contribution in [0.3, 0.4) is 0 Å². The van der Waals surface area contributed by atoms with Gasteiger partial charge < -0.3 is 14.7 Å². The smallest absolute Gasteiger partial charge is 0.260 e. The molecule has 2 rings (SSSR count). The summed E-state index contributed by atoms with van der Waals surface area (Å²) in [5, 5.41) is 9.71. The first-order valence-electron chi connectivity index (χ1n) is 6.46. The van der Waals surface area contributed by atoms with Crippen LogP contribution in [0.15, 0.2) is 22.7 Å². The van der Waals surface area contributed by atoms with Crippen LogP contribution in [0.4, 0.5) is 0 Å². The highest BCUT2D eigenvalue weighted by Gasteiger charge is 2.19. The number of carbonyl (C=O) groups excluding carboxylic acids is 1. The molecule has 5 heteroatoms. The number of ether oxygens (including phenoxy) is 1. The molecule has 1 N–H and O–H groups in total. The molecular formula is C14H18BrNO3. The normalized spacial score (nSPS) is 16.5. The van der Waals surface area contributed by atoms with Gasteiger partial charge in [0.15, 0.2) is 6.61 Å². The fourth-order valence-corrected chi connectivity index (χ4v) is 2.55. The van der Waals surface area contributed by atoms with E-state index in [1.807, 2.05) is 11.0 Å². The Bertz CT molecular complexity index is 456. The number of aliphatic hydroxyl groups is 1. The summed E-state index contributed by atoms with van der Waals surface area (Å²) in [5.74, 6) is 0.572. The van der Waals surface area contributed by atoms with E-state index in [0.29, 0.717) is 11.3 Å². The van der Waals surface area contributed by atoms with E-state index >= 15 is 0 Å². The van der Waals surface area contributed by atoms with Gasteiger partial charge in [-0.15, -0.1) is 0 Å². The summed E-state index contributed by atoms with van der Waals surface area (Å²) < 4.78 is 6.43. The molecule has 4 nitrogen and oxygen atoms in total. The zero-order chi connectivity index (χ0) is 13.8. The van der Waals surface area contributed by atoms with Crippen LogP contribution in [0.2, 0.25) is 0 Å². The second-order valence-electron chi connectivity index (χ2n) is 4.73. The third-order valence-electron chi connectivity index (χ3n) is 3.23. The average molecular weight is 328 g/mol. The van der Waals surface area contributed by atoms with Crippen LogP contribution in [-0.2, 0) is 4.79 Å². The molecule has 0 aromatic heterocycles. The molecule has 0 aliphatic carbocycles. The second kappa shape index (κ2) is 6.39. The van der Waals surface area contributed by atoms with Crippen molar-refractivity contribution in [1.82, 2.24) is 4.90 Å². The van der Waals surface area contributed by atoms with Gasteiger partial charge in [0.2, 0.25) is 0 Å². The highest BCUT2D eigenvalue weighted by molar-refractivity contribution is 9.10. The average Bonchev–Trinajstić information content (AvgIpc) is 2.90. The lowest BCUT2D eigenvalue weighted by molar-refractivity contribution is -0.132. The molecule has 19 heavy (non-hydrogen) atoms. The van der Waals surface area contributed by atoms with Gasteiger partial charge in [0.1, 0.15) is 5.75 Å². The first kappa shape index (κ1) is 14.3. The highest BCUT2D eigenvalue weighted by atomic mass is 79.9. The van der Waals surface area contributed by atoms with Crippen LogP contribution < -0.4 is 4.74 Å². The molecule has 0 spiro atoms. The van der Waals surface area contributed by atoms with Crippen molar-refractivity contribution >= 4 is 21.8 Å². The van der Waals surface area contributed by atoms with Crippen LogP contribution in [-0.4, -0.2) is 35.6 Å². The van der Waals surface area contributed by atoms with Gasteiger partial charge in [-0.1, -0.05) is 15.9 Å². The predicted octanol–water partition coefficient (Wildman–Crippen LogP) is 2.50. The number of carbonyl (C=O) groups is 1. The summed E-state index contributed by atoms with van der Waals surface area (Å²) >= 11 is 3.36. The van der Waals surface area contributed by atoms with Crippen molar-refractivity contribution < 1.29 is 14.6 Å². The molecule has 0 bridgehead atoms. The van der Waals surface area contributed by atoms with Gasteiger partial charge in [-0.25, -0.2) is 0 Å². The molecule has 1 heterocycles. The topological polar surface area (TPSA) is 49.8 Å². The molecule has 0 saturated carbocycles. The first-order chi connectivity index (χ1) is 9.08. The summed E-state index contributed by atoms with van der Waals surface area (Å²) in [6.45, 7) is 3.36. The summed E-state index contributed by atoms with van der Waals surface area (Å²) in [7, 11) is 0. The van der Waals surface area contributed by atoms with Gasteiger partial charge in [-0.3, -0.25) is 4.79 Å². The van der Waals surface area contributed by atoms with Crippen molar-refractivity contribution in [2.75, 3.05) is 19.7 Å². The van der Waals surface area contributed by atoms with E-state index in [1.54, 1.807) is 19.1 Å². The third kappa shape index (κ3) is 3.70. The Kier molecular flexibility index (Phi) is 4.82. The van der Waals surface area contributed by atoms with E-state index in [1.165, 1.54) is 0 Å². The lowest BCUT2D eigenvalue weighted by Gasteiger charge is -2.17. The van der Waals surface area contributed by atoms with Crippen LogP contribution in [0.1, 0.15) is 31.4 Å². The maximum absolute atomic E-state index is 11.9. The number of hydrogen-bond acceptors (Lipinski definition) is 3. The van der Waals surface area contributed by atoms with Crippen molar-refractivity contribution in [3.8, 4) is 5.75 Å². The molecular weight excluding hydrogens is 310 g/mol. The van der Waals surface area contributed by atoms with E-state index in [4.69, 9.17) is 4.74 Å². The second-order valence-corrected chi connectivity index (χ2v) is 5.65. The molecule has 1 saturated heterocycles. The zero-order valence-electron chi connectivity index (χ0n) is 10.9. The Morgan fingerprint density at radius 3 is 2.79 bits per heavy atom. The van der Waals surface area contributed by atoms with Crippen LogP contribution in [0, 0.1) is 0 Å². The minimum absolute atomic E-state index is 0.0111. The highest BCUT2D eigenvalue weighted by Crippen LogP contribution is 2.28. The summed E-state index contributed by atoms with van der Waals surface area (Å²) in [6, 6.07) is 5.41. The van der Waals surface area contributed by atoms with E-state index in [-0.39, 0.29) is 12.5 Å². The number of rotatable bonds is 4. The van der Waals surface area contributed by atoms with Crippen molar-refractivity contribution in [3.05, 3.63) is 28.2 Å². The van der Waals surface area contributed by atoms with Gasteiger partial charge in [-0.05, 0) is 38.0 Å². The van der Waals surface area contributed by atoms with E-state index < -0.39 is 6.10 Å². The summed E-state index contributed by atoms with van der Waals surface area (Å²) in [4.78, 5) is 13.7. The number of aliphatic hydroxyl groups excluding tert-OH is 1. The van der Waals surface area contributed by atoms with Crippen molar-refractivity contribution in [3.63, 3.8) is 0 Å². The fraction of sp³-hybridized carbons (Fsp3) is 0.500. The van der Waals surface area contributed by atoms with Gasteiger partial charge >= 0.3 is 0 Å². The van der Waals surface area contributed by atoms with Crippen molar-refractivity contribution in [1.29, 1.82) is 0 Å². The number of halogens is 1. The minimum Gasteiger partial charge on any atom is -0.483 e. The molecule has 1 aromatic rings. The molecule has 1 aliphatic heterocycles. The Balaban J connectivity index is 2.00.